The third-order valence-corrected chi connectivity index (χ3v) is 3.42. The molecule has 0 heterocycles. The summed E-state index contributed by atoms with van der Waals surface area (Å²) in [7, 11) is 8.17. The molecule has 0 bridgehead atoms. The zero-order chi connectivity index (χ0) is 13.1. The lowest BCUT2D eigenvalue weighted by molar-refractivity contribution is 0.478. The molecule has 0 aromatic heterocycles. The predicted octanol–water partition coefficient (Wildman–Crippen LogP) is 2.27. The Hall–Kier alpha value is -1.51. The average molecular weight is 245 g/mol. The van der Waals surface area contributed by atoms with Crippen molar-refractivity contribution in [2.45, 2.75) is 12.3 Å². The molecule has 98 valence electrons. The third-order valence-electron chi connectivity index (χ3n) is 3.42. The Morgan fingerprint density at radius 2 is 1.72 bits per heavy atom. The summed E-state index contributed by atoms with van der Waals surface area (Å²) in [6.07, 6.45) is 1.28. The molecule has 1 saturated carbocycles. The first-order valence-corrected chi connectivity index (χ1v) is 6.53. The van der Waals surface area contributed by atoms with Crippen molar-refractivity contribution in [2.75, 3.05) is 34.7 Å². The fourth-order valence-electron chi connectivity index (χ4n) is 2.44. The summed E-state index contributed by atoms with van der Waals surface area (Å²) in [5.41, 5.74) is 1.47. The molecule has 0 spiro atoms. The van der Waals surface area contributed by atoms with Gasteiger partial charge < -0.3 is 9.80 Å². The Morgan fingerprint density at radius 3 is 2.28 bits per heavy atom. The summed E-state index contributed by atoms with van der Waals surface area (Å²) in [5, 5.41) is 0. The largest absolute Gasteiger partial charge is 0.349 e. The summed E-state index contributed by atoms with van der Waals surface area (Å²) in [4.78, 5) is 8.87. The minimum Gasteiger partial charge on any atom is -0.349 e. The minimum absolute atomic E-state index is 0.723. The number of rotatable bonds is 3. The van der Waals surface area contributed by atoms with Crippen LogP contribution in [0.15, 0.2) is 35.3 Å². The van der Waals surface area contributed by atoms with Crippen LogP contribution in [0.5, 0.6) is 0 Å². The van der Waals surface area contributed by atoms with Crippen LogP contribution in [-0.2, 0) is 0 Å². The highest BCUT2D eigenvalue weighted by Gasteiger charge is 2.37. The van der Waals surface area contributed by atoms with Gasteiger partial charge in [-0.1, -0.05) is 30.3 Å². The van der Waals surface area contributed by atoms with E-state index < -0.39 is 0 Å². The van der Waals surface area contributed by atoms with Crippen LogP contribution in [0.4, 0.5) is 0 Å². The van der Waals surface area contributed by atoms with Gasteiger partial charge in [-0.25, -0.2) is 0 Å². The topological polar surface area (TPSA) is 18.8 Å². The molecule has 1 fully saturated rings. The molecule has 0 aliphatic heterocycles. The second-order valence-corrected chi connectivity index (χ2v) is 5.44. The Bertz CT molecular complexity index is 399. The third kappa shape index (κ3) is 3.03. The van der Waals surface area contributed by atoms with Crippen molar-refractivity contribution in [3.8, 4) is 0 Å². The number of hydrogen-bond donors (Lipinski definition) is 0. The molecule has 2 atom stereocenters. The Kier molecular flexibility index (Phi) is 3.90. The number of benzene rings is 1. The van der Waals surface area contributed by atoms with E-state index in [1.54, 1.807) is 0 Å². The first-order valence-electron chi connectivity index (χ1n) is 6.53. The Morgan fingerprint density at radius 1 is 1.11 bits per heavy atom. The van der Waals surface area contributed by atoms with Gasteiger partial charge in [0.2, 0.25) is 0 Å². The quantitative estimate of drug-likeness (QED) is 0.601. The van der Waals surface area contributed by atoms with Gasteiger partial charge in [-0.15, -0.1) is 0 Å². The Labute approximate surface area is 110 Å². The van der Waals surface area contributed by atoms with E-state index >= 15 is 0 Å². The smallest absolute Gasteiger partial charge is 0.195 e. The number of guanidine groups is 1. The SMILES string of the molecule is CN(C)C(=NC[C@@H]1C[C@H]1c1ccccc1)N(C)C. The highest BCUT2D eigenvalue weighted by atomic mass is 15.3. The van der Waals surface area contributed by atoms with Crippen LogP contribution in [0.3, 0.4) is 0 Å². The normalized spacial score (nSPS) is 21.3. The molecule has 1 aromatic carbocycles. The molecule has 3 heteroatoms. The molecule has 0 saturated heterocycles. The molecule has 0 amide bonds. The fourth-order valence-corrected chi connectivity index (χ4v) is 2.44. The van der Waals surface area contributed by atoms with E-state index in [9.17, 15) is 0 Å². The molecule has 0 radical (unpaired) electrons. The van der Waals surface area contributed by atoms with Crippen LogP contribution in [0.1, 0.15) is 17.9 Å². The lowest BCUT2D eigenvalue weighted by Crippen LogP contribution is -2.35. The van der Waals surface area contributed by atoms with Gasteiger partial charge in [0.1, 0.15) is 0 Å². The number of nitrogens with zero attached hydrogens (tertiary/aromatic N) is 3. The average Bonchev–Trinajstić information content (AvgIpc) is 3.09. The lowest BCUT2D eigenvalue weighted by Gasteiger charge is -2.22. The van der Waals surface area contributed by atoms with Gasteiger partial charge in [-0.05, 0) is 23.8 Å². The van der Waals surface area contributed by atoms with Gasteiger partial charge in [0.15, 0.2) is 5.96 Å². The maximum atomic E-state index is 4.73. The second-order valence-electron chi connectivity index (χ2n) is 5.44. The summed E-state index contributed by atoms with van der Waals surface area (Å²) in [6, 6.07) is 10.8. The van der Waals surface area contributed by atoms with Crippen LogP contribution in [0.2, 0.25) is 0 Å². The van der Waals surface area contributed by atoms with Crippen molar-refractivity contribution in [1.82, 2.24) is 9.80 Å². The van der Waals surface area contributed by atoms with Crippen molar-refractivity contribution in [1.29, 1.82) is 0 Å². The first-order chi connectivity index (χ1) is 8.59. The van der Waals surface area contributed by atoms with Gasteiger partial charge in [-0.2, -0.15) is 0 Å². The van der Waals surface area contributed by atoms with E-state index in [4.69, 9.17) is 4.99 Å². The van der Waals surface area contributed by atoms with E-state index in [2.05, 4.69) is 40.1 Å². The van der Waals surface area contributed by atoms with Crippen LogP contribution < -0.4 is 0 Å². The Balaban J connectivity index is 1.92. The molecule has 1 aliphatic carbocycles. The molecule has 1 aliphatic rings. The van der Waals surface area contributed by atoms with Gasteiger partial charge >= 0.3 is 0 Å². The highest BCUT2D eigenvalue weighted by molar-refractivity contribution is 5.79. The highest BCUT2D eigenvalue weighted by Crippen LogP contribution is 2.47. The van der Waals surface area contributed by atoms with Gasteiger partial charge in [0.05, 0.1) is 0 Å². The van der Waals surface area contributed by atoms with E-state index in [0.717, 1.165) is 24.3 Å². The number of hydrogen-bond acceptors (Lipinski definition) is 1. The van der Waals surface area contributed by atoms with Crippen molar-refractivity contribution in [2.24, 2.45) is 10.9 Å². The summed E-state index contributed by atoms with van der Waals surface area (Å²) in [5.74, 6) is 2.50. The zero-order valence-electron chi connectivity index (χ0n) is 11.8. The molecule has 0 unspecified atom stereocenters. The zero-order valence-corrected chi connectivity index (χ0v) is 11.8. The molecule has 0 N–H and O–H groups in total. The van der Waals surface area contributed by atoms with E-state index in [1.165, 1.54) is 12.0 Å². The molecule has 1 aromatic rings. The van der Waals surface area contributed by atoms with E-state index in [1.807, 2.05) is 28.2 Å². The van der Waals surface area contributed by atoms with Crippen molar-refractivity contribution >= 4 is 5.96 Å². The van der Waals surface area contributed by atoms with Crippen molar-refractivity contribution < 1.29 is 0 Å². The monoisotopic (exact) mass is 245 g/mol. The van der Waals surface area contributed by atoms with Crippen molar-refractivity contribution in [3.63, 3.8) is 0 Å². The number of aliphatic imine (C=N–C) groups is 1. The molecule has 18 heavy (non-hydrogen) atoms. The predicted molar refractivity (Wildman–Crippen MR) is 77.0 cm³/mol. The van der Waals surface area contributed by atoms with Gasteiger partial charge in [0.25, 0.3) is 0 Å². The molecule has 3 nitrogen and oxygen atoms in total. The second kappa shape index (κ2) is 5.42. The molecular formula is C15H23N3. The first kappa shape index (κ1) is 12.9. The van der Waals surface area contributed by atoms with Crippen molar-refractivity contribution in [3.05, 3.63) is 35.9 Å². The molecule has 2 rings (SSSR count). The van der Waals surface area contributed by atoms with E-state index in [-0.39, 0.29) is 0 Å². The van der Waals surface area contributed by atoms with E-state index in [0.29, 0.717) is 0 Å². The molecular weight excluding hydrogens is 222 g/mol. The van der Waals surface area contributed by atoms with Crippen LogP contribution in [0, 0.1) is 5.92 Å². The fraction of sp³-hybridized carbons (Fsp3) is 0.533. The summed E-state index contributed by atoms with van der Waals surface area (Å²) < 4.78 is 0. The maximum Gasteiger partial charge on any atom is 0.195 e. The van der Waals surface area contributed by atoms with Gasteiger partial charge in [0, 0.05) is 34.7 Å². The minimum atomic E-state index is 0.723. The lowest BCUT2D eigenvalue weighted by atomic mass is 10.1. The summed E-state index contributed by atoms with van der Waals surface area (Å²) in [6.45, 7) is 0.936. The van der Waals surface area contributed by atoms with Crippen LogP contribution >= 0.6 is 0 Å². The van der Waals surface area contributed by atoms with Crippen LogP contribution in [-0.4, -0.2) is 50.5 Å². The maximum absolute atomic E-state index is 4.73. The summed E-state index contributed by atoms with van der Waals surface area (Å²) >= 11 is 0. The van der Waals surface area contributed by atoms with Gasteiger partial charge in [-0.3, -0.25) is 4.99 Å². The standard InChI is InChI=1S/C15H23N3/c1-17(2)15(18(3)4)16-11-13-10-14(13)12-8-6-5-7-9-12/h5-9,13-14H,10-11H2,1-4H3/t13-,14-/m0/s1. The van der Waals surface area contributed by atoms with Crippen LogP contribution in [0.25, 0.3) is 0 Å².